The molecule has 1 fully saturated rings. The normalized spacial score (nSPS) is 20.7. The van der Waals surface area contributed by atoms with Gasteiger partial charge in [0.2, 0.25) is 10.0 Å². The molecular formula is C11H12F3NO3S. The van der Waals surface area contributed by atoms with Crippen molar-refractivity contribution in [2.24, 2.45) is 0 Å². The quantitative estimate of drug-likeness (QED) is 0.924. The third-order valence-electron chi connectivity index (χ3n) is 2.72. The maximum absolute atomic E-state index is 12.5. The Labute approximate surface area is 108 Å². The molecule has 0 aliphatic carbocycles. The number of hydrogen-bond donors (Lipinski definition) is 1. The highest BCUT2D eigenvalue weighted by Gasteiger charge is 2.32. The number of rotatable bonds is 3. The number of nitrogens with one attached hydrogen (secondary N) is 1. The van der Waals surface area contributed by atoms with Gasteiger partial charge in [0.15, 0.2) is 0 Å². The van der Waals surface area contributed by atoms with Crippen molar-refractivity contribution in [3.63, 3.8) is 0 Å². The Balaban J connectivity index is 2.25. The van der Waals surface area contributed by atoms with Gasteiger partial charge in [-0.25, -0.2) is 13.1 Å². The van der Waals surface area contributed by atoms with Gasteiger partial charge in [-0.05, 0) is 24.6 Å². The summed E-state index contributed by atoms with van der Waals surface area (Å²) in [4.78, 5) is -0.394. The summed E-state index contributed by atoms with van der Waals surface area (Å²) in [5.74, 6) is 0. The van der Waals surface area contributed by atoms with Gasteiger partial charge in [-0.15, -0.1) is 0 Å². The Morgan fingerprint density at radius 3 is 2.63 bits per heavy atom. The monoisotopic (exact) mass is 295 g/mol. The van der Waals surface area contributed by atoms with Crippen LogP contribution in [0.4, 0.5) is 13.2 Å². The molecule has 1 aromatic rings. The second-order valence-electron chi connectivity index (χ2n) is 4.21. The Bertz CT molecular complexity index is 551. The average molecular weight is 295 g/mol. The predicted octanol–water partition coefficient (Wildman–Crippen LogP) is 1.77. The number of hydrogen-bond acceptors (Lipinski definition) is 3. The standard InChI is InChI=1S/C11H12F3NO3S/c12-11(13,14)8-2-1-3-10(6-8)19(16,17)15-9-4-5-18-7-9/h1-3,6,9,15H,4-5,7H2. The summed E-state index contributed by atoms with van der Waals surface area (Å²) in [6.07, 6.45) is -4.06. The van der Waals surface area contributed by atoms with E-state index in [1.165, 1.54) is 0 Å². The molecule has 1 aliphatic heterocycles. The zero-order valence-corrected chi connectivity index (χ0v) is 10.6. The number of alkyl halides is 3. The Morgan fingerprint density at radius 2 is 2.05 bits per heavy atom. The first kappa shape index (κ1) is 14.3. The van der Waals surface area contributed by atoms with Crippen molar-refractivity contribution >= 4 is 10.0 Å². The number of halogens is 3. The number of ether oxygens (including phenoxy) is 1. The summed E-state index contributed by atoms with van der Waals surface area (Å²) in [5.41, 5.74) is -0.988. The molecule has 0 saturated carbocycles. The molecule has 0 bridgehead atoms. The van der Waals surface area contributed by atoms with Crippen molar-refractivity contribution in [1.82, 2.24) is 4.72 Å². The van der Waals surface area contributed by atoms with E-state index in [0.717, 1.165) is 18.2 Å². The van der Waals surface area contributed by atoms with E-state index in [1.54, 1.807) is 0 Å². The maximum Gasteiger partial charge on any atom is 0.416 e. The van der Waals surface area contributed by atoms with Gasteiger partial charge in [0.25, 0.3) is 0 Å². The predicted molar refractivity (Wildman–Crippen MR) is 61.0 cm³/mol. The molecule has 1 aliphatic rings. The van der Waals surface area contributed by atoms with E-state index in [9.17, 15) is 21.6 Å². The van der Waals surface area contributed by atoms with Crippen molar-refractivity contribution in [2.75, 3.05) is 13.2 Å². The van der Waals surface area contributed by atoms with E-state index in [1.807, 2.05) is 0 Å². The molecular weight excluding hydrogens is 283 g/mol. The summed E-state index contributed by atoms with van der Waals surface area (Å²) in [7, 11) is -3.96. The first-order valence-electron chi connectivity index (χ1n) is 5.56. The highest BCUT2D eigenvalue weighted by molar-refractivity contribution is 7.89. The Morgan fingerprint density at radius 1 is 1.32 bits per heavy atom. The van der Waals surface area contributed by atoms with Crippen LogP contribution in [0.25, 0.3) is 0 Å². The molecule has 1 saturated heterocycles. The van der Waals surface area contributed by atoms with Crippen LogP contribution in [0, 0.1) is 0 Å². The largest absolute Gasteiger partial charge is 0.416 e. The topological polar surface area (TPSA) is 55.4 Å². The van der Waals surface area contributed by atoms with Gasteiger partial charge in [0.05, 0.1) is 17.1 Å². The van der Waals surface area contributed by atoms with Crippen molar-refractivity contribution in [1.29, 1.82) is 0 Å². The third kappa shape index (κ3) is 3.46. The Kier molecular flexibility index (Phi) is 3.84. The Hall–Kier alpha value is -1.12. The summed E-state index contributed by atoms with van der Waals surface area (Å²) < 4.78 is 68.8. The first-order chi connectivity index (χ1) is 8.79. The molecule has 1 aromatic carbocycles. The molecule has 1 unspecified atom stereocenters. The van der Waals surface area contributed by atoms with E-state index in [2.05, 4.69) is 4.72 Å². The molecule has 0 amide bonds. The van der Waals surface area contributed by atoms with Crippen molar-refractivity contribution in [3.8, 4) is 0 Å². The van der Waals surface area contributed by atoms with Crippen LogP contribution in [0.5, 0.6) is 0 Å². The molecule has 1 atom stereocenters. The zero-order valence-electron chi connectivity index (χ0n) is 9.77. The van der Waals surface area contributed by atoms with E-state index in [-0.39, 0.29) is 12.6 Å². The summed E-state index contributed by atoms with van der Waals surface area (Å²) in [6.45, 7) is 0.675. The minimum atomic E-state index is -4.57. The molecule has 0 radical (unpaired) electrons. The van der Waals surface area contributed by atoms with Crippen LogP contribution in [-0.4, -0.2) is 27.7 Å². The molecule has 1 N–H and O–H groups in total. The summed E-state index contributed by atoms with van der Waals surface area (Å²) in [6, 6.07) is 3.27. The van der Waals surface area contributed by atoms with Crippen molar-refractivity contribution in [3.05, 3.63) is 29.8 Å². The van der Waals surface area contributed by atoms with Gasteiger partial charge in [-0.1, -0.05) is 6.07 Å². The average Bonchev–Trinajstić information content (AvgIpc) is 2.80. The van der Waals surface area contributed by atoms with Crippen LogP contribution in [0.2, 0.25) is 0 Å². The molecule has 19 heavy (non-hydrogen) atoms. The van der Waals surface area contributed by atoms with Gasteiger partial charge in [0, 0.05) is 12.6 Å². The molecule has 4 nitrogen and oxygen atoms in total. The van der Waals surface area contributed by atoms with Crippen LogP contribution in [0.3, 0.4) is 0 Å². The van der Waals surface area contributed by atoms with Gasteiger partial charge < -0.3 is 4.74 Å². The fourth-order valence-corrected chi connectivity index (χ4v) is 3.06. The lowest BCUT2D eigenvalue weighted by atomic mass is 10.2. The van der Waals surface area contributed by atoms with Crippen LogP contribution in [-0.2, 0) is 20.9 Å². The van der Waals surface area contributed by atoms with E-state index in [0.29, 0.717) is 19.1 Å². The lowest BCUT2D eigenvalue weighted by molar-refractivity contribution is -0.137. The van der Waals surface area contributed by atoms with E-state index < -0.39 is 26.7 Å². The second-order valence-corrected chi connectivity index (χ2v) is 5.92. The van der Waals surface area contributed by atoms with Gasteiger partial charge in [-0.3, -0.25) is 0 Å². The number of sulfonamides is 1. The van der Waals surface area contributed by atoms with Gasteiger partial charge in [-0.2, -0.15) is 13.2 Å². The minimum Gasteiger partial charge on any atom is -0.380 e. The lowest BCUT2D eigenvalue weighted by Gasteiger charge is -2.13. The second kappa shape index (κ2) is 5.10. The van der Waals surface area contributed by atoms with Gasteiger partial charge >= 0.3 is 6.18 Å². The fourth-order valence-electron chi connectivity index (χ4n) is 1.75. The van der Waals surface area contributed by atoms with Crippen molar-refractivity contribution < 1.29 is 26.3 Å². The smallest absolute Gasteiger partial charge is 0.380 e. The van der Waals surface area contributed by atoms with Crippen LogP contribution in [0.15, 0.2) is 29.2 Å². The highest BCUT2D eigenvalue weighted by atomic mass is 32.2. The van der Waals surface area contributed by atoms with E-state index in [4.69, 9.17) is 4.74 Å². The lowest BCUT2D eigenvalue weighted by Crippen LogP contribution is -2.35. The maximum atomic E-state index is 12.5. The molecule has 0 aromatic heterocycles. The minimum absolute atomic E-state index is 0.234. The first-order valence-corrected chi connectivity index (χ1v) is 7.05. The third-order valence-corrected chi connectivity index (χ3v) is 4.24. The van der Waals surface area contributed by atoms with E-state index >= 15 is 0 Å². The van der Waals surface area contributed by atoms with Crippen LogP contribution >= 0.6 is 0 Å². The van der Waals surface area contributed by atoms with Crippen molar-refractivity contribution in [2.45, 2.75) is 23.5 Å². The molecule has 1 heterocycles. The molecule has 8 heteroatoms. The van der Waals surface area contributed by atoms with Gasteiger partial charge in [0.1, 0.15) is 0 Å². The summed E-state index contributed by atoms with van der Waals surface area (Å²) >= 11 is 0. The fraction of sp³-hybridized carbons (Fsp3) is 0.455. The summed E-state index contributed by atoms with van der Waals surface area (Å²) in [5, 5.41) is 0. The highest BCUT2D eigenvalue weighted by Crippen LogP contribution is 2.30. The van der Waals surface area contributed by atoms with Crippen LogP contribution < -0.4 is 4.72 Å². The molecule has 2 rings (SSSR count). The zero-order chi connectivity index (χ0) is 14.1. The SMILES string of the molecule is O=S(=O)(NC1CCOC1)c1cccc(C(F)(F)F)c1. The molecule has 0 spiro atoms. The van der Waals surface area contributed by atoms with Crippen LogP contribution in [0.1, 0.15) is 12.0 Å². The number of benzene rings is 1. The molecule has 106 valence electrons.